The Bertz CT molecular complexity index is 397. The summed E-state index contributed by atoms with van der Waals surface area (Å²) in [5.41, 5.74) is 6.05. The number of amides is 1. The van der Waals surface area contributed by atoms with Crippen LogP contribution in [0.3, 0.4) is 0 Å². The highest BCUT2D eigenvalue weighted by Gasteiger charge is 2.44. The van der Waals surface area contributed by atoms with E-state index in [9.17, 15) is 4.79 Å². The first kappa shape index (κ1) is 11.1. The molecule has 0 radical (unpaired) electrons. The van der Waals surface area contributed by atoms with Crippen molar-refractivity contribution in [1.82, 2.24) is 15.1 Å². The van der Waals surface area contributed by atoms with E-state index in [1.165, 1.54) is 0 Å². The van der Waals surface area contributed by atoms with Crippen molar-refractivity contribution >= 4 is 5.91 Å². The van der Waals surface area contributed by atoms with Crippen LogP contribution < -0.4 is 11.1 Å². The summed E-state index contributed by atoms with van der Waals surface area (Å²) in [6, 6.07) is -0.724. The van der Waals surface area contributed by atoms with Gasteiger partial charge >= 0.3 is 0 Å². The zero-order valence-electron chi connectivity index (χ0n) is 9.18. The van der Waals surface area contributed by atoms with Crippen molar-refractivity contribution in [2.45, 2.75) is 24.4 Å². The Hall–Kier alpha value is -1.40. The first-order chi connectivity index (χ1) is 7.56. The third-order valence-corrected chi connectivity index (χ3v) is 2.91. The largest absolute Gasteiger partial charge is 0.394 e. The molecule has 1 unspecified atom stereocenters. The number of nitrogens with zero attached hydrogens (tertiary/aromatic N) is 2. The van der Waals surface area contributed by atoms with Crippen LogP contribution in [0.4, 0.5) is 0 Å². The van der Waals surface area contributed by atoms with Crippen molar-refractivity contribution in [3.05, 3.63) is 18.0 Å². The van der Waals surface area contributed by atoms with Crippen LogP contribution in [-0.4, -0.2) is 32.9 Å². The van der Waals surface area contributed by atoms with Gasteiger partial charge < -0.3 is 16.2 Å². The van der Waals surface area contributed by atoms with Crippen LogP contribution in [0, 0.1) is 0 Å². The quantitative estimate of drug-likeness (QED) is 0.615. The van der Waals surface area contributed by atoms with Gasteiger partial charge in [-0.05, 0) is 12.8 Å². The van der Waals surface area contributed by atoms with Gasteiger partial charge in [-0.1, -0.05) is 0 Å². The van der Waals surface area contributed by atoms with Crippen molar-refractivity contribution in [3.63, 3.8) is 0 Å². The molecule has 0 bridgehead atoms. The van der Waals surface area contributed by atoms with Gasteiger partial charge in [0.05, 0.1) is 18.3 Å². The lowest BCUT2D eigenvalue weighted by Crippen LogP contribution is -2.44. The normalized spacial score (nSPS) is 19.2. The van der Waals surface area contributed by atoms with Crippen LogP contribution in [0.15, 0.2) is 12.4 Å². The molecule has 1 aliphatic carbocycles. The lowest BCUT2D eigenvalue weighted by molar-refractivity contribution is -0.123. The van der Waals surface area contributed by atoms with Gasteiger partial charge in [-0.3, -0.25) is 9.48 Å². The van der Waals surface area contributed by atoms with Gasteiger partial charge in [-0.15, -0.1) is 0 Å². The Morgan fingerprint density at radius 2 is 2.50 bits per heavy atom. The fourth-order valence-corrected chi connectivity index (χ4v) is 1.56. The SMILES string of the molecule is Cn1cc(C(N)C(=O)NC2(CO)CC2)cn1. The number of aliphatic hydroxyl groups excluding tert-OH is 1. The zero-order chi connectivity index (χ0) is 11.8. The molecule has 1 amide bonds. The van der Waals surface area contributed by atoms with Gasteiger partial charge in [0.2, 0.25) is 5.91 Å². The number of hydrogen-bond acceptors (Lipinski definition) is 4. The van der Waals surface area contributed by atoms with Crippen LogP contribution in [-0.2, 0) is 11.8 Å². The van der Waals surface area contributed by atoms with Crippen LogP contribution in [0.25, 0.3) is 0 Å². The van der Waals surface area contributed by atoms with Crippen LogP contribution >= 0.6 is 0 Å². The molecule has 0 aliphatic heterocycles. The number of aromatic nitrogens is 2. The second kappa shape index (κ2) is 3.88. The second-order valence-corrected chi connectivity index (χ2v) is 4.35. The molecule has 0 spiro atoms. The maximum atomic E-state index is 11.8. The summed E-state index contributed by atoms with van der Waals surface area (Å²) in [7, 11) is 1.77. The smallest absolute Gasteiger partial charge is 0.242 e. The van der Waals surface area contributed by atoms with E-state index in [4.69, 9.17) is 10.8 Å². The zero-order valence-corrected chi connectivity index (χ0v) is 9.18. The maximum Gasteiger partial charge on any atom is 0.242 e. The predicted octanol–water partition coefficient (Wildman–Crippen LogP) is -0.939. The van der Waals surface area contributed by atoms with Crippen molar-refractivity contribution in [2.75, 3.05) is 6.61 Å². The molecular weight excluding hydrogens is 208 g/mol. The molecule has 6 nitrogen and oxygen atoms in total. The monoisotopic (exact) mass is 224 g/mol. The third-order valence-electron chi connectivity index (χ3n) is 2.91. The number of carbonyl (C=O) groups is 1. The second-order valence-electron chi connectivity index (χ2n) is 4.35. The van der Waals surface area contributed by atoms with E-state index in [0.29, 0.717) is 5.56 Å². The molecule has 1 aliphatic rings. The lowest BCUT2D eigenvalue weighted by Gasteiger charge is -2.17. The summed E-state index contributed by atoms with van der Waals surface area (Å²) in [6.07, 6.45) is 4.91. The van der Waals surface area contributed by atoms with E-state index in [1.54, 1.807) is 24.1 Å². The molecule has 1 heterocycles. The Balaban J connectivity index is 1.99. The highest BCUT2D eigenvalue weighted by atomic mass is 16.3. The highest BCUT2D eigenvalue weighted by Crippen LogP contribution is 2.34. The minimum Gasteiger partial charge on any atom is -0.394 e. The Kier molecular flexibility index (Phi) is 2.69. The molecule has 4 N–H and O–H groups in total. The number of aliphatic hydroxyl groups is 1. The van der Waals surface area contributed by atoms with Gasteiger partial charge in [0.15, 0.2) is 0 Å². The molecule has 6 heteroatoms. The number of aryl methyl sites for hydroxylation is 1. The topological polar surface area (TPSA) is 93.2 Å². The van der Waals surface area contributed by atoms with Gasteiger partial charge in [-0.25, -0.2) is 0 Å². The molecule has 1 saturated carbocycles. The standard InChI is InChI=1S/C10H16N4O2/c1-14-5-7(4-12-14)8(11)9(16)13-10(6-15)2-3-10/h4-5,8,15H,2-3,6,11H2,1H3,(H,13,16). The molecule has 0 saturated heterocycles. The first-order valence-electron chi connectivity index (χ1n) is 5.23. The minimum atomic E-state index is -0.724. The van der Waals surface area contributed by atoms with Crippen LogP contribution in [0.1, 0.15) is 24.4 Å². The van der Waals surface area contributed by atoms with Crippen molar-refractivity contribution in [1.29, 1.82) is 0 Å². The molecule has 1 atom stereocenters. The van der Waals surface area contributed by atoms with E-state index in [1.807, 2.05) is 0 Å². The number of nitrogens with one attached hydrogen (secondary N) is 1. The minimum absolute atomic E-state index is 0.0293. The molecule has 16 heavy (non-hydrogen) atoms. The van der Waals surface area contributed by atoms with E-state index in [2.05, 4.69) is 10.4 Å². The van der Waals surface area contributed by atoms with Crippen molar-refractivity contribution in [2.24, 2.45) is 12.8 Å². The molecule has 1 aromatic heterocycles. The first-order valence-corrected chi connectivity index (χ1v) is 5.23. The molecular formula is C10H16N4O2. The molecule has 88 valence electrons. The van der Waals surface area contributed by atoms with Gasteiger partial charge in [0.25, 0.3) is 0 Å². The number of nitrogens with two attached hydrogens (primary N) is 1. The van der Waals surface area contributed by atoms with Gasteiger partial charge in [0.1, 0.15) is 6.04 Å². The number of carbonyl (C=O) groups excluding carboxylic acids is 1. The maximum absolute atomic E-state index is 11.8. The average molecular weight is 224 g/mol. The van der Waals surface area contributed by atoms with Gasteiger partial charge in [0, 0.05) is 18.8 Å². The fraction of sp³-hybridized carbons (Fsp3) is 0.600. The molecule has 2 rings (SSSR count). The highest BCUT2D eigenvalue weighted by molar-refractivity contribution is 5.83. The number of hydrogen-bond donors (Lipinski definition) is 3. The van der Waals surface area contributed by atoms with Crippen molar-refractivity contribution < 1.29 is 9.90 Å². The summed E-state index contributed by atoms with van der Waals surface area (Å²) in [5.74, 6) is -0.264. The van der Waals surface area contributed by atoms with E-state index >= 15 is 0 Å². The Morgan fingerprint density at radius 3 is 2.94 bits per heavy atom. The van der Waals surface area contributed by atoms with E-state index in [-0.39, 0.29) is 12.5 Å². The number of rotatable bonds is 4. The molecule has 0 aromatic carbocycles. The fourth-order valence-electron chi connectivity index (χ4n) is 1.56. The Morgan fingerprint density at radius 1 is 1.81 bits per heavy atom. The molecule has 1 aromatic rings. The van der Waals surface area contributed by atoms with Crippen molar-refractivity contribution in [3.8, 4) is 0 Å². The summed E-state index contributed by atoms with van der Waals surface area (Å²) >= 11 is 0. The summed E-state index contributed by atoms with van der Waals surface area (Å²) < 4.78 is 1.60. The average Bonchev–Trinajstić information content (AvgIpc) is 2.91. The molecule has 1 fully saturated rings. The summed E-state index contributed by atoms with van der Waals surface area (Å²) in [6.45, 7) is -0.0293. The van der Waals surface area contributed by atoms with Gasteiger partial charge in [-0.2, -0.15) is 5.10 Å². The third kappa shape index (κ3) is 2.07. The summed E-state index contributed by atoms with van der Waals surface area (Å²) in [5, 5.41) is 15.8. The lowest BCUT2D eigenvalue weighted by atomic mass is 10.1. The predicted molar refractivity (Wildman–Crippen MR) is 57.3 cm³/mol. The van der Waals surface area contributed by atoms with E-state index < -0.39 is 11.6 Å². The van der Waals surface area contributed by atoms with E-state index in [0.717, 1.165) is 12.8 Å². The van der Waals surface area contributed by atoms with Crippen LogP contribution in [0.2, 0.25) is 0 Å². The summed E-state index contributed by atoms with van der Waals surface area (Å²) in [4.78, 5) is 11.8. The Labute approximate surface area is 93.4 Å². The van der Waals surface area contributed by atoms with Crippen LogP contribution in [0.5, 0.6) is 0 Å².